The molecule has 0 aliphatic carbocycles. The summed E-state index contributed by atoms with van der Waals surface area (Å²) in [6.45, 7) is 0.430. The first-order valence-electron chi connectivity index (χ1n) is 11.1. The van der Waals surface area contributed by atoms with Gasteiger partial charge in [0.2, 0.25) is 0 Å². The summed E-state index contributed by atoms with van der Waals surface area (Å²) in [7, 11) is 1.68. The fourth-order valence-electron chi connectivity index (χ4n) is 3.43. The molecule has 2 aromatic carbocycles. The summed E-state index contributed by atoms with van der Waals surface area (Å²) in [5.74, 6) is 1.56. The van der Waals surface area contributed by atoms with Gasteiger partial charge in [-0.3, -0.25) is 15.0 Å². The molecule has 33 heavy (non-hydrogen) atoms. The summed E-state index contributed by atoms with van der Waals surface area (Å²) in [5, 5.41) is 0. The molecule has 0 saturated carbocycles. The third kappa shape index (κ3) is 6.50. The summed E-state index contributed by atoms with van der Waals surface area (Å²) < 4.78 is 11.4. The Balaban J connectivity index is 1.24. The number of ether oxygens (including phenoxy) is 2. The van der Waals surface area contributed by atoms with E-state index in [2.05, 4.69) is 51.4 Å². The molecular formula is C28H27N3O2. The van der Waals surface area contributed by atoms with Gasteiger partial charge in [0.1, 0.15) is 18.1 Å². The van der Waals surface area contributed by atoms with Crippen molar-refractivity contribution in [3.8, 4) is 11.5 Å². The standard InChI is InChI=1S/C28H27N3O2/c1-32-28-20-25(33-21-24-11-7-8-16-29-24)14-13-23(28)10-6-4-2-3-5-9-22-12-15-26-27(19-22)31-18-17-30-26/h5-20H,2-4,21H2,1H3/b9-5+,10-6+. The van der Waals surface area contributed by atoms with Crippen LogP contribution in [0.1, 0.15) is 36.1 Å². The molecule has 5 nitrogen and oxygen atoms in total. The first-order valence-corrected chi connectivity index (χ1v) is 11.1. The van der Waals surface area contributed by atoms with Gasteiger partial charge in [-0.05, 0) is 61.2 Å². The highest BCUT2D eigenvalue weighted by molar-refractivity contribution is 5.76. The van der Waals surface area contributed by atoms with E-state index in [0.717, 1.165) is 58.6 Å². The molecule has 0 amide bonds. The number of aromatic nitrogens is 3. The molecule has 0 atom stereocenters. The minimum atomic E-state index is 0.430. The first-order chi connectivity index (χ1) is 16.3. The van der Waals surface area contributed by atoms with Crippen LogP contribution >= 0.6 is 0 Å². The maximum Gasteiger partial charge on any atom is 0.130 e. The van der Waals surface area contributed by atoms with Crippen molar-refractivity contribution in [2.45, 2.75) is 25.9 Å². The molecular weight excluding hydrogens is 410 g/mol. The van der Waals surface area contributed by atoms with Crippen molar-refractivity contribution in [2.24, 2.45) is 0 Å². The van der Waals surface area contributed by atoms with Gasteiger partial charge in [0.25, 0.3) is 0 Å². The lowest BCUT2D eigenvalue weighted by Gasteiger charge is -2.10. The number of methoxy groups -OCH3 is 1. The Morgan fingerprint density at radius 1 is 0.788 bits per heavy atom. The molecule has 0 unspecified atom stereocenters. The van der Waals surface area contributed by atoms with Gasteiger partial charge in [-0.1, -0.05) is 36.4 Å². The van der Waals surface area contributed by atoms with Crippen LogP contribution in [0.25, 0.3) is 23.2 Å². The third-order valence-electron chi connectivity index (χ3n) is 5.16. The van der Waals surface area contributed by atoms with E-state index in [1.165, 1.54) is 0 Å². The van der Waals surface area contributed by atoms with Crippen LogP contribution in [-0.2, 0) is 6.61 Å². The summed E-state index contributed by atoms with van der Waals surface area (Å²) in [6.07, 6.45) is 16.9. The van der Waals surface area contributed by atoms with Crippen LogP contribution in [0.4, 0.5) is 0 Å². The predicted octanol–water partition coefficient (Wildman–Crippen LogP) is 6.51. The van der Waals surface area contributed by atoms with Crippen molar-refractivity contribution in [1.82, 2.24) is 15.0 Å². The number of rotatable bonds is 10. The van der Waals surface area contributed by atoms with Crippen molar-refractivity contribution in [1.29, 1.82) is 0 Å². The normalized spacial score (nSPS) is 11.4. The van der Waals surface area contributed by atoms with Crippen LogP contribution in [0.5, 0.6) is 11.5 Å². The lowest BCUT2D eigenvalue weighted by Crippen LogP contribution is -1.98. The highest BCUT2D eigenvalue weighted by Crippen LogP contribution is 2.26. The molecule has 0 aliphatic rings. The van der Waals surface area contributed by atoms with Crippen molar-refractivity contribution >= 4 is 23.2 Å². The van der Waals surface area contributed by atoms with Gasteiger partial charge < -0.3 is 9.47 Å². The Hall–Kier alpha value is -3.99. The van der Waals surface area contributed by atoms with E-state index in [4.69, 9.17) is 9.47 Å². The molecule has 2 heterocycles. The Labute approximate surface area is 194 Å². The monoisotopic (exact) mass is 437 g/mol. The highest BCUT2D eigenvalue weighted by atomic mass is 16.5. The maximum absolute atomic E-state index is 5.84. The number of hydrogen-bond donors (Lipinski definition) is 0. The van der Waals surface area contributed by atoms with Crippen LogP contribution in [0.2, 0.25) is 0 Å². The van der Waals surface area contributed by atoms with Crippen LogP contribution in [0.3, 0.4) is 0 Å². The number of allylic oxidation sites excluding steroid dienone is 2. The largest absolute Gasteiger partial charge is 0.496 e. The smallest absolute Gasteiger partial charge is 0.130 e. The fraction of sp³-hybridized carbons (Fsp3) is 0.179. The number of unbranched alkanes of at least 4 members (excludes halogenated alkanes) is 2. The summed E-state index contributed by atoms with van der Waals surface area (Å²) >= 11 is 0. The average Bonchev–Trinajstić information content (AvgIpc) is 2.87. The van der Waals surface area contributed by atoms with Crippen molar-refractivity contribution in [3.05, 3.63) is 102 Å². The molecule has 0 spiro atoms. The zero-order chi connectivity index (χ0) is 22.7. The second-order valence-corrected chi connectivity index (χ2v) is 7.55. The van der Waals surface area contributed by atoms with Crippen molar-refractivity contribution in [2.75, 3.05) is 7.11 Å². The lowest BCUT2D eigenvalue weighted by atomic mass is 10.1. The molecule has 0 bridgehead atoms. The van der Waals surface area contributed by atoms with E-state index in [-0.39, 0.29) is 0 Å². The van der Waals surface area contributed by atoms with Crippen LogP contribution in [0, 0.1) is 0 Å². The first kappa shape index (κ1) is 22.2. The Morgan fingerprint density at radius 3 is 2.45 bits per heavy atom. The molecule has 5 heteroatoms. The van der Waals surface area contributed by atoms with Gasteiger partial charge in [0.15, 0.2) is 0 Å². The van der Waals surface area contributed by atoms with Gasteiger partial charge in [-0.2, -0.15) is 0 Å². The number of hydrogen-bond acceptors (Lipinski definition) is 5. The van der Waals surface area contributed by atoms with Crippen molar-refractivity contribution < 1.29 is 9.47 Å². The third-order valence-corrected chi connectivity index (χ3v) is 5.16. The number of fused-ring (bicyclic) bond motifs is 1. The van der Waals surface area contributed by atoms with E-state index in [0.29, 0.717) is 6.61 Å². The summed E-state index contributed by atoms with van der Waals surface area (Å²) in [4.78, 5) is 12.9. The topological polar surface area (TPSA) is 57.1 Å². The molecule has 0 aliphatic heterocycles. The van der Waals surface area contributed by atoms with Crippen LogP contribution in [0.15, 0.2) is 85.3 Å². The number of pyridine rings is 1. The fourth-order valence-corrected chi connectivity index (χ4v) is 3.43. The van der Waals surface area contributed by atoms with Crippen LogP contribution < -0.4 is 9.47 Å². The van der Waals surface area contributed by atoms with E-state index in [1.54, 1.807) is 25.7 Å². The lowest BCUT2D eigenvalue weighted by molar-refractivity contribution is 0.299. The van der Waals surface area contributed by atoms with E-state index in [9.17, 15) is 0 Å². The van der Waals surface area contributed by atoms with Gasteiger partial charge in [0, 0.05) is 30.2 Å². The zero-order valence-corrected chi connectivity index (χ0v) is 18.7. The molecule has 4 aromatic rings. The maximum atomic E-state index is 5.84. The van der Waals surface area contributed by atoms with E-state index in [1.807, 2.05) is 42.5 Å². The minimum absolute atomic E-state index is 0.430. The Kier molecular flexibility index (Phi) is 7.79. The van der Waals surface area contributed by atoms with Gasteiger partial charge in [-0.15, -0.1) is 0 Å². The molecule has 0 radical (unpaired) electrons. The second-order valence-electron chi connectivity index (χ2n) is 7.55. The van der Waals surface area contributed by atoms with Gasteiger partial charge in [0.05, 0.1) is 23.8 Å². The minimum Gasteiger partial charge on any atom is -0.496 e. The van der Waals surface area contributed by atoms with Crippen LogP contribution in [-0.4, -0.2) is 22.1 Å². The summed E-state index contributed by atoms with van der Waals surface area (Å²) in [5.41, 5.74) is 4.92. The predicted molar refractivity (Wildman–Crippen MR) is 133 cm³/mol. The van der Waals surface area contributed by atoms with E-state index < -0.39 is 0 Å². The van der Waals surface area contributed by atoms with E-state index >= 15 is 0 Å². The molecule has 4 rings (SSSR count). The number of benzene rings is 2. The molecule has 166 valence electrons. The Morgan fingerprint density at radius 2 is 1.64 bits per heavy atom. The van der Waals surface area contributed by atoms with Gasteiger partial charge in [-0.25, -0.2) is 0 Å². The Bertz CT molecular complexity index is 1240. The zero-order valence-electron chi connectivity index (χ0n) is 18.7. The summed E-state index contributed by atoms with van der Waals surface area (Å²) in [6, 6.07) is 17.8. The highest BCUT2D eigenvalue weighted by Gasteiger charge is 2.04. The average molecular weight is 438 g/mol. The SMILES string of the molecule is COc1cc(OCc2ccccn2)ccc1/C=C/CCC/C=C/c1ccc2nccnc2c1. The molecule has 2 aromatic heterocycles. The quantitative estimate of drug-likeness (QED) is 0.265. The number of nitrogens with zero attached hydrogens (tertiary/aromatic N) is 3. The molecule has 0 saturated heterocycles. The second kappa shape index (κ2) is 11.6. The molecule has 0 fully saturated rings. The van der Waals surface area contributed by atoms with Gasteiger partial charge >= 0.3 is 0 Å². The molecule has 0 N–H and O–H groups in total. The van der Waals surface area contributed by atoms with Crippen molar-refractivity contribution in [3.63, 3.8) is 0 Å².